The van der Waals surface area contributed by atoms with Gasteiger partial charge in [0.15, 0.2) is 0 Å². The van der Waals surface area contributed by atoms with E-state index in [1.165, 1.54) is 9.69 Å². The third-order valence-corrected chi connectivity index (χ3v) is 5.13. The Morgan fingerprint density at radius 2 is 1.88 bits per heavy atom. The molecule has 0 aromatic heterocycles. The Bertz CT molecular complexity index is 692. The molecular formula is C13H13NO2S. The van der Waals surface area contributed by atoms with Gasteiger partial charge in [0.05, 0.1) is 11.4 Å². The van der Waals surface area contributed by atoms with Crippen LogP contribution in [-0.2, 0) is 16.4 Å². The second kappa shape index (κ2) is 3.47. The van der Waals surface area contributed by atoms with Crippen LogP contribution in [0.25, 0.3) is 10.8 Å². The first kappa shape index (κ1) is 10.6. The first-order valence-electron chi connectivity index (χ1n) is 5.57. The topological polar surface area (TPSA) is 37.4 Å². The molecular weight excluding hydrogens is 234 g/mol. The van der Waals surface area contributed by atoms with Crippen molar-refractivity contribution >= 4 is 26.5 Å². The molecule has 0 saturated carbocycles. The van der Waals surface area contributed by atoms with Gasteiger partial charge in [-0.2, -0.15) is 0 Å². The average molecular weight is 247 g/mol. The zero-order chi connectivity index (χ0) is 12.0. The molecule has 0 atom stereocenters. The van der Waals surface area contributed by atoms with Crippen LogP contribution in [0.1, 0.15) is 5.56 Å². The molecule has 0 spiro atoms. The van der Waals surface area contributed by atoms with Gasteiger partial charge in [0, 0.05) is 7.05 Å². The highest BCUT2D eigenvalue weighted by Crippen LogP contribution is 2.33. The highest BCUT2D eigenvalue weighted by Gasteiger charge is 2.27. The molecule has 2 aromatic rings. The summed E-state index contributed by atoms with van der Waals surface area (Å²) >= 11 is 0. The molecule has 0 N–H and O–H groups in total. The molecule has 0 unspecified atom stereocenters. The Balaban J connectivity index is 2.33. The molecule has 2 aromatic carbocycles. The Kier molecular flexibility index (Phi) is 2.16. The van der Waals surface area contributed by atoms with E-state index in [1.54, 1.807) is 7.05 Å². The Morgan fingerprint density at radius 1 is 1.12 bits per heavy atom. The molecule has 0 aliphatic carbocycles. The van der Waals surface area contributed by atoms with Crippen molar-refractivity contribution in [3.05, 3.63) is 42.0 Å². The summed E-state index contributed by atoms with van der Waals surface area (Å²) in [6.07, 6.45) is 0.601. The fourth-order valence-corrected chi connectivity index (χ4v) is 3.61. The maximum absolute atomic E-state index is 11.8. The monoisotopic (exact) mass is 247 g/mol. The maximum Gasteiger partial charge on any atom is 0.235 e. The van der Waals surface area contributed by atoms with Crippen molar-refractivity contribution in [2.75, 3.05) is 17.1 Å². The van der Waals surface area contributed by atoms with Gasteiger partial charge in [-0.05, 0) is 28.8 Å². The number of benzene rings is 2. The molecule has 88 valence electrons. The van der Waals surface area contributed by atoms with E-state index >= 15 is 0 Å². The van der Waals surface area contributed by atoms with Crippen LogP contribution in [-0.4, -0.2) is 21.2 Å². The summed E-state index contributed by atoms with van der Waals surface area (Å²) in [5, 5.41) is 2.32. The third kappa shape index (κ3) is 1.52. The second-order valence-corrected chi connectivity index (χ2v) is 6.44. The number of sulfonamides is 1. The summed E-state index contributed by atoms with van der Waals surface area (Å²) in [6, 6.07) is 12.0. The summed E-state index contributed by atoms with van der Waals surface area (Å²) in [5.74, 6) is 0.199. The Morgan fingerprint density at radius 3 is 2.71 bits per heavy atom. The van der Waals surface area contributed by atoms with Gasteiger partial charge < -0.3 is 0 Å². The minimum Gasteiger partial charge on any atom is -0.273 e. The number of nitrogens with zero attached hydrogens (tertiary/aromatic N) is 1. The number of hydrogen-bond donors (Lipinski definition) is 0. The van der Waals surface area contributed by atoms with Gasteiger partial charge in [-0.25, -0.2) is 8.42 Å². The maximum atomic E-state index is 11.8. The predicted molar refractivity (Wildman–Crippen MR) is 69.8 cm³/mol. The number of rotatable bonds is 0. The molecule has 0 saturated heterocycles. The van der Waals surface area contributed by atoms with E-state index < -0.39 is 10.0 Å². The largest absolute Gasteiger partial charge is 0.273 e. The van der Waals surface area contributed by atoms with Gasteiger partial charge in [-0.1, -0.05) is 30.3 Å². The first-order valence-corrected chi connectivity index (χ1v) is 7.18. The van der Waals surface area contributed by atoms with Gasteiger partial charge in [0.25, 0.3) is 0 Å². The fourth-order valence-electron chi connectivity index (χ4n) is 2.40. The molecule has 0 bridgehead atoms. The molecule has 0 fully saturated rings. The molecule has 1 heterocycles. The van der Waals surface area contributed by atoms with Crippen molar-refractivity contribution in [1.29, 1.82) is 0 Å². The summed E-state index contributed by atoms with van der Waals surface area (Å²) in [5.41, 5.74) is 1.95. The minimum absolute atomic E-state index is 0.199. The highest BCUT2D eigenvalue weighted by atomic mass is 32.2. The normalized spacial score (nSPS) is 18.1. The predicted octanol–water partition coefficient (Wildman–Crippen LogP) is 2.16. The first-order chi connectivity index (χ1) is 8.09. The molecule has 0 radical (unpaired) electrons. The Labute approximate surface area is 101 Å². The lowest BCUT2D eigenvalue weighted by molar-refractivity contribution is 0.591. The van der Waals surface area contributed by atoms with Crippen LogP contribution in [0.15, 0.2) is 36.4 Å². The van der Waals surface area contributed by atoms with Crippen LogP contribution in [0.4, 0.5) is 5.69 Å². The summed E-state index contributed by atoms with van der Waals surface area (Å²) in [4.78, 5) is 0. The quantitative estimate of drug-likeness (QED) is 0.715. The lowest BCUT2D eigenvalue weighted by Gasteiger charge is -2.28. The van der Waals surface area contributed by atoms with Crippen LogP contribution in [0.3, 0.4) is 0 Å². The van der Waals surface area contributed by atoms with E-state index in [0.717, 1.165) is 16.6 Å². The number of fused-ring (bicyclic) bond motifs is 3. The van der Waals surface area contributed by atoms with E-state index in [9.17, 15) is 8.42 Å². The fraction of sp³-hybridized carbons (Fsp3) is 0.231. The molecule has 1 aliphatic rings. The third-order valence-electron chi connectivity index (χ3n) is 3.38. The van der Waals surface area contributed by atoms with Gasteiger partial charge in [-0.15, -0.1) is 0 Å². The van der Waals surface area contributed by atoms with E-state index in [0.29, 0.717) is 6.42 Å². The highest BCUT2D eigenvalue weighted by molar-refractivity contribution is 7.92. The smallest absolute Gasteiger partial charge is 0.235 e. The molecule has 3 nitrogen and oxygen atoms in total. The second-order valence-electron chi connectivity index (χ2n) is 4.32. The number of hydrogen-bond acceptors (Lipinski definition) is 2. The van der Waals surface area contributed by atoms with E-state index in [2.05, 4.69) is 12.1 Å². The van der Waals surface area contributed by atoms with Gasteiger partial charge in [-0.3, -0.25) is 4.31 Å². The van der Waals surface area contributed by atoms with Crippen LogP contribution in [0.2, 0.25) is 0 Å². The molecule has 4 heteroatoms. The van der Waals surface area contributed by atoms with Crippen molar-refractivity contribution in [3.63, 3.8) is 0 Å². The van der Waals surface area contributed by atoms with Crippen LogP contribution in [0, 0.1) is 0 Å². The summed E-state index contributed by atoms with van der Waals surface area (Å²) in [6.45, 7) is 0. The van der Waals surface area contributed by atoms with Crippen LogP contribution >= 0.6 is 0 Å². The molecule has 0 amide bonds. The standard InChI is InChI=1S/C13H13NO2S/c1-14-13-7-6-10-4-2-3-5-11(10)12(13)8-9-17(14,15)16/h2-7H,8-9H2,1H3. The molecule has 3 rings (SSSR count). The van der Waals surface area contributed by atoms with Crippen LogP contribution in [0.5, 0.6) is 0 Å². The Hall–Kier alpha value is -1.55. The van der Waals surface area contributed by atoms with Crippen molar-refractivity contribution in [2.45, 2.75) is 6.42 Å². The lowest BCUT2D eigenvalue weighted by Crippen LogP contribution is -2.34. The van der Waals surface area contributed by atoms with Crippen LogP contribution < -0.4 is 4.31 Å². The van der Waals surface area contributed by atoms with Gasteiger partial charge >= 0.3 is 0 Å². The van der Waals surface area contributed by atoms with E-state index in [1.807, 2.05) is 24.3 Å². The van der Waals surface area contributed by atoms with Crippen molar-refractivity contribution in [2.24, 2.45) is 0 Å². The van der Waals surface area contributed by atoms with E-state index in [4.69, 9.17) is 0 Å². The molecule has 17 heavy (non-hydrogen) atoms. The molecule has 1 aliphatic heterocycles. The number of anilines is 1. The zero-order valence-electron chi connectivity index (χ0n) is 9.55. The van der Waals surface area contributed by atoms with Crippen molar-refractivity contribution in [3.8, 4) is 0 Å². The zero-order valence-corrected chi connectivity index (χ0v) is 10.4. The summed E-state index contributed by atoms with van der Waals surface area (Å²) < 4.78 is 25.0. The number of aryl methyl sites for hydroxylation is 1. The van der Waals surface area contributed by atoms with Crippen molar-refractivity contribution in [1.82, 2.24) is 0 Å². The van der Waals surface area contributed by atoms with Gasteiger partial charge in [0.2, 0.25) is 10.0 Å². The summed E-state index contributed by atoms with van der Waals surface area (Å²) in [7, 11) is -1.48. The minimum atomic E-state index is -3.11. The van der Waals surface area contributed by atoms with Gasteiger partial charge in [0.1, 0.15) is 0 Å². The lowest BCUT2D eigenvalue weighted by atomic mass is 10.0. The average Bonchev–Trinajstić information content (AvgIpc) is 2.33. The SMILES string of the molecule is CN1c2ccc3ccccc3c2CCS1(=O)=O. The van der Waals surface area contributed by atoms with Crippen molar-refractivity contribution < 1.29 is 8.42 Å². The van der Waals surface area contributed by atoms with E-state index in [-0.39, 0.29) is 5.75 Å².